The van der Waals surface area contributed by atoms with Crippen LogP contribution in [0.1, 0.15) is 24.2 Å². The number of hydrogen-bond donors (Lipinski definition) is 1. The molecule has 1 unspecified atom stereocenters. The zero-order valence-electron chi connectivity index (χ0n) is 11.6. The van der Waals surface area contributed by atoms with E-state index in [1.54, 1.807) is 25.7 Å². The van der Waals surface area contributed by atoms with E-state index in [0.29, 0.717) is 0 Å². The normalized spacial score (nSPS) is 12.2. The van der Waals surface area contributed by atoms with Gasteiger partial charge in [-0.2, -0.15) is 0 Å². The number of aromatic nitrogens is 2. The molecule has 0 aliphatic rings. The first-order valence-corrected chi connectivity index (χ1v) is 7.35. The Morgan fingerprint density at radius 3 is 2.85 bits per heavy atom. The van der Waals surface area contributed by atoms with E-state index in [4.69, 9.17) is 4.74 Å². The first-order chi connectivity index (χ1) is 9.74. The van der Waals surface area contributed by atoms with E-state index >= 15 is 0 Å². The van der Waals surface area contributed by atoms with Gasteiger partial charge in [0.2, 0.25) is 0 Å². The molecule has 0 fully saturated rings. The lowest BCUT2D eigenvalue weighted by Gasteiger charge is -2.18. The second-order valence-electron chi connectivity index (χ2n) is 4.40. The zero-order valence-corrected chi connectivity index (χ0v) is 13.2. The van der Waals surface area contributed by atoms with Crippen LogP contribution in [0, 0.1) is 0 Å². The first kappa shape index (κ1) is 14.9. The summed E-state index contributed by atoms with van der Waals surface area (Å²) in [6.07, 6.45) is 6.04. The molecule has 5 heteroatoms. The Balaban J connectivity index is 2.24. The van der Waals surface area contributed by atoms with Gasteiger partial charge >= 0.3 is 0 Å². The molecule has 0 aliphatic carbocycles. The van der Waals surface area contributed by atoms with Gasteiger partial charge < -0.3 is 10.1 Å². The molecule has 0 saturated heterocycles. The van der Waals surface area contributed by atoms with Gasteiger partial charge in [0.1, 0.15) is 5.75 Å². The lowest BCUT2D eigenvalue weighted by molar-refractivity contribution is 0.413. The summed E-state index contributed by atoms with van der Waals surface area (Å²) in [5.41, 5.74) is 2.13. The van der Waals surface area contributed by atoms with Crippen molar-refractivity contribution in [2.24, 2.45) is 0 Å². The minimum Gasteiger partial charge on any atom is -0.497 e. The van der Waals surface area contributed by atoms with Gasteiger partial charge in [0.25, 0.3) is 0 Å². The molecule has 1 heterocycles. The Bertz CT molecular complexity index is 548. The van der Waals surface area contributed by atoms with E-state index in [2.05, 4.69) is 38.1 Å². The summed E-state index contributed by atoms with van der Waals surface area (Å²) in [6.45, 7) is 2.97. The summed E-state index contributed by atoms with van der Waals surface area (Å²) in [4.78, 5) is 8.54. The highest BCUT2D eigenvalue weighted by molar-refractivity contribution is 9.10. The van der Waals surface area contributed by atoms with Crippen molar-refractivity contribution >= 4 is 15.9 Å². The fourth-order valence-corrected chi connectivity index (χ4v) is 2.48. The fourth-order valence-electron chi connectivity index (χ4n) is 2.07. The minimum atomic E-state index is 0.136. The summed E-state index contributed by atoms with van der Waals surface area (Å²) in [5, 5.41) is 3.45. The molecule has 0 spiro atoms. The number of hydrogen-bond acceptors (Lipinski definition) is 4. The summed E-state index contributed by atoms with van der Waals surface area (Å²) < 4.78 is 6.36. The third kappa shape index (κ3) is 3.77. The third-order valence-electron chi connectivity index (χ3n) is 3.07. The number of benzene rings is 1. The van der Waals surface area contributed by atoms with Crippen LogP contribution in [0.2, 0.25) is 0 Å². The SMILES string of the molecule is CCNC(Cc1cc(OC)ccc1Br)c1cnccn1. The molecule has 1 aromatic heterocycles. The van der Waals surface area contributed by atoms with E-state index in [1.807, 2.05) is 18.2 Å². The Morgan fingerprint density at radius 1 is 1.35 bits per heavy atom. The number of rotatable bonds is 6. The molecule has 0 bridgehead atoms. The Morgan fingerprint density at radius 2 is 2.20 bits per heavy atom. The van der Waals surface area contributed by atoms with Crippen LogP contribution in [0.3, 0.4) is 0 Å². The number of methoxy groups -OCH3 is 1. The van der Waals surface area contributed by atoms with Gasteiger partial charge in [-0.05, 0) is 36.7 Å². The number of likely N-dealkylation sites (N-methyl/N-ethyl adjacent to an activating group) is 1. The largest absolute Gasteiger partial charge is 0.497 e. The highest BCUT2D eigenvalue weighted by Crippen LogP contribution is 2.26. The van der Waals surface area contributed by atoms with E-state index < -0.39 is 0 Å². The van der Waals surface area contributed by atoms with Crippen molar-refractivity contribution in [1.29, 1.82) is 0 Å². The molecule has 1 N–H and O–H groups in total. The second-order valence-corrected chi connectivity index (χ2v) is 5.26. The number of nitrogens with one attached hydrogen (secondary N) is 1. The smallest absolute Gasteiger partial charge is 0.119 e. The summed E-state index contributed by atoms with van der Waals surface area (Å²) >= 11 is 3.59. The number of halogens is 1. The van der Waals surface area contributed by atoms with Crippen molar-refractivity contribution in [3.8, 4) is 5.75 Å². The maximum Gasteiger partial charge on any atom is 0.119 e. The minimum absolute atomic E-state index is 0.136. The number of nitrogens with zero attached hydrogens (tertiary/aromatic N) is 2. The van der Waals surface area contributed by atoms with Crippen molar-refractivity contribution in [3.63, 3.8) is 0 Å². The molecule has 0 saturated carbocycles. The van der Waals surface area contributed by atoms with E-state index in [1.165, 1.54) is 5.56 Å². The molecule has 2 aromatic rings. The maximum absolute atomic E-state index is 5.29. The van der Waals surface area contributed by atoms with Crippen molar-refractivity contribution in [2.45, 2.75) is 19.4 Å². The molecule has 4 nitrogen and oxygen atoms in total. The van der Waals surface area contributed by atoms with Crippen molar-refractivity contribution in [1.82, 2.24) is 15.3 Å². The third-order valence-corrected chi connectivity index (χ3v) is 3.84. The fraction of sp³-hybridized carbons (Fsp3) is 0.333. The molecular formula is C15H18BrN3O. The molecule has 2 rings (SSSR count). The molecule has 20 heavy (non-hydrogen) atoms. The van der Waals surface area contributed by atoms with Crippen LogP contribution in [-0.2, 0) is 6.42 Å². The molecule has 1 atom stereocenters. The quantitative estimate of drug-likeness (QED) is 0.880. The predicted molar refractivity (Wildman–Crippen MR) is 82.8 cm³/mol. The van der Waals surface area contributed by atoms with Gasteiger partial charge in [-0.1, -0.05) is 22.9 Å². The molecule has 0 aliphatic heterocycles. The van der Waals surface area contributed by atoms with Gasteiger partial charge in [-0.3, -0.25) is 9.97 Å². The molecule has 1 aromatic carbocycles. The molecule has 0 amide bonds. The van der Waals surface area contributed by atoms with Gasteiger partial charge in [0.15, 0.2) is 0 Å². The maximum atomic E-state index is 5.29. The number of ether oxygens (including phenoxy) is 1. The van der Waals surface area contributed by atoms with Gasteiger partial charge in [0, 0.05) is 23.1 Å². The van der Waals surface area contributed by atoms with Crippen molar-refractivity contribution < 1.29 is 4.74 Å². The average molecular weight is 336 g/mol. The second kappa shape index (κ2) is 7.36. The molecule has 0 radical (unpaired) electrons. The van der Waals surface area contributed by atoms with Crippen LogP contribution in [0.15, 0.2) is 41.3 Å². The van der Waals surface area contributed by atoms with Gasteiger partial charge in [0.05, 0.1) is 18.8 Å². The van der Waals surface area contributed by atoms with E-state index in [-0.39, 0.29) is 6.04 Å². The molecular weight excluding hydrogens is 318 g/mol. The van der Waals surface area contributed by atoms with E-state index in [9.17, 15) is 0 Å². The average Bonchev–Trinajstić information content (AvgIpc) is 2.49. The van der Waals surface area contributed by atoms with Crippen LogP contribution in [0.25, 0.3) is 0 Å². The Kier molecular flexibility index (Phi) is 5.49. The Labute approximate surface area is 127 Å². The van der Waals surface area contributed by atoms with Crippen LogP contribution in [-0.4, -0.2) is 23.6 Å². The Hall–Kier alpha value is -1.46. The van der Waals surface area contributed by atoms with Gasteiger partial charge in [-0.15, -0.1) is 0 Å². The molecule has 106 valence electrons. The zero-order chi connectivity index (χ0) is 14.4. The highest BCUT2D eigenvalue weighted by Gasteiger charge is 2.15. The topological polar surface area (TPSA) is 47.0 Å². The van der Waals surface area contributed by atoms with Gasteiger partial charge in [-0.25, -0.2) is 0 Å². The van der Waals surface area contributed by atoms with Crippen molar-refractivity contribution in [3.05, 3.63) is 52.5 Å². The lowest BCUT2D eigenvalue weighted by Crippen LogP contribution is -2.24. The van der Waals surface area contributed by atoms with Crippen LogP contribution < -0.4 is 10.1 Å². The highest BCUT2D eigenvalue weighted by atomic mass is 79.9. The van der Waals surface area contributed by atoms with Crippen LogP contribution >= 0.6 is 15.9 Å². The van der Waals surface area contributed by atoms with Crippen LogP contribution in [0.5, 0.6) is 5.75 Å². The predicted octanol–water partition coefficient (Wildman–Crippen LogP) is 3.14. The monoisotopic (exact) mass is 335 g/mol. The lowest BCUT2D eigenvalue weighted by atomic mass is 10.0. The summed E-state index contributed by atoms with van der Waals surface area (Å²) in [5.74, 6) is 0.859. The van der Waals surface area contributed by atoms with E-state index in [0.717, 1.165) is 28.9 Å². The summed E-state index contributed by atoms with van der Waals surface area (Å²) in [7, 11) is 1.68. The van der Waals surface area contributed by atoms with Crippen molar-refractivity contribution in [2.75, 3.05) is 13.7 Å². The summed E-state index contributed by atoms with van der Waals surface area (Å²) in [6, 6.07) is 6.13. The van der Waals surface area contributed by atoms with Crippen LogP contribution in [0.4, 0.5) is 0 Å². The first-order valence-electron chi connectivity index (χ1n) is 6.56. The standard InChI is InChI=1S/C15H18BrN3O/c1-3-18-14(15-10-17-6-7-19-15)9-11-8-12(20-2)4-5-13(11)16/h4-8,10,14,18H,3,9H2,1-2H3.